The van der Waals surface area contributed by atoms with Gasteiger partial charge in [0.05, 0.1) is 5.75 Å². The topological polar surface area (TPSA) is 32.3 Å². The van der Waals surface area contributed by atoms with E-state index in [9.17, 15) is 4.79 Å². The van der Waals surface area contributed by atoms with Gasteiger partial charge in [-0.1, -0.05) is 29.8 Å². The van der Waals surface area contributed by atoms with Crippen LogP contribution in [0.25, 0.3) is 0 Å². The molecule has 0 unspecified atom stereocenters. The van der Waals surface area contributed by atoms with Crippen molar-refractivity contribution < 1.29 is 4.79 Å². The molecule has 3 nitrogen and oxygen atoms in total. The number of nitrogens with zero attached hydrogens (tertiary/aromatic N) is 1. The van der Waals surface area contributed by atoms with Crippen LogP contribution in [-0.2, 0) is 10.5 Å². The highest BCUT2D eigenvalue weighted by Crippen LogP contribution is 2.14. The molecule has 1 aliphatic heterocycles. The second-order valence-electron chi connectivity index (χ2n) is 4.97. The Hall–Kier alpha value is -1.00. The highest BCUT2D eigenvalue weighted by Gasteiger charge is 2.14. The van der Waals surface area contributed by atoms with E-state index in [0.29, 0.717) is 5.75 Å². The monoisotopic (exact) mass is 278 g/mol. The van der Waals surface area contributed by atoms with Crippen molar-refractivity contribution in [2.75, 3.05) is 31.9 Å². The Bertz CT molecular complexity index is 414. The average Bonchev–Trinajstić information content (AvgIpc) is 2.67. The van der Waals surface area contributed by atoms with Gasteiger partial charge in [-0.25, -0.2) is 0 Å². The van der Waals surface area contributed by atoms with Gasteiger partial charge in [0.15, 0.2) is 0 Å². The van der Waals surface area contributed by atoms with Crippen molar-refractivity contribution in [1.29, 1.82) is 0 Å². The van der Waals surface area contributed by atoms with Crippen LogP contribution in [0.3, 0.4) is 0 Å². The van der Waals surface area contributed by atoms with Gasteiger partial charge in [0.25, 0.3) is 0 Å². The summed E-state index contributed by atoms with van der Waals surface area (Å²) in [5, 5.41) is 3.32. The normalized spacial score (nSPS) is 16.2. The third kappa shape index (κ3) is 4.88. The Morgan fingerprint density at radius 1 is 1.37 bits per heavy atom. The Labute approximate surface area is 119 Å². The SMILES string of the molecule is Cc1cccc(CSCC(=O)N2CCCNCC2)c1. The largest absolute Gasteiger partial charge is 0.341 e. The fraction of sp³-hybridized carbons (Fsp3) is 0.533. The van der Waals surface area contributed by atoms with Crippen LogP contribution in [-0.4, -0.2) is 42.7 Å². The summed E-state index contributed by atoms with van der Waals surface area (Å²) in [4.78, 5) is 14.1. The molecule has 1 N–H and O–H groups in total. The summed E-state index contributed by atoms with van der Waals surface area (Å²) in [6.07, 6.45) is 1.06. The molecule has 1 aliphatic rings. The zero-order chi connectivity index (χ0) is 13.5. The Balaban J connectivity index is 1.74. The predicted octanol–water partition coefficient (Wildman–Crippen LogP) is 2.05. The van der Waals surface area contributed by atoms with Crippen LogP contribution < -0.4 is 5.32 Å². The molecule has 1 aromatic carbocycles. The van der Waals surface area contributed by atoms with Gasteiger partial charge in [0.1, 0.15) is 0 Å². The molecule has 19 heavy (non-hydrogen) atoms. The number of benzene rings is 1. The van der Waals surface area contributed by atoms with Gasteiger partial charge in [-0.05, 0) is 25.5 Å². The summed E-state index contributed by atoms with van der Waals surface area (Å²) in [5.41, 5.74) is 2.58. The van der Waals surface area contributed by atoms with Gasteiger partial charge in [-0.3, -0.25) is 4.79 Å². The van der Waals surface area contributed by atoms with Gasteiger partial charge < -0.3 is 10.2 Å². The van der Waals surface area contributed by atoms with E-state index in [4.69, 9.17) is 0 Å². The van der Waals surface area contributed by atoms with Crippen LogP contribution in [0, 0.1) is 6.92 Å². The van der Waals surface area contributed by atoms with Crippen LogP contribution in [0.2, 0.25) is 0 Å². The van der Waals surface area contributed by atoms with E-state index < -0.39 is 0 Å². The molecule has 0 bridgehead atoms. The van der Waals surface area contributed by atoms with Crippen LogP contribution in [0.15, 0.2) is 24.3 Å². The van der Waals surface area contributed by atoms with Crippen LogP contribution in [0.1, 0.15) is 17.5 Å². The van der Waals surface area contributed by atoms with Crippen molar-refractivity contribution in [1.82, 2.24) is 10.2 Å². The molecule has 104 valence electrons. The molecule has 0 spiro atoms. The summed E-state index contributed by atoms with van der Waals surface area (Å²) >= 11 is 1.71. The lowest BCUT2D eigenvalue weighted by Crippen LogP contribution is -2.35. The number of amides is 1. The lowest BCUT2D eigenvalue weighted by Gasteiger charge is -2.19. The first-order chi connectivity index (χ1) is 9.25. The van der Waals surface area contributed by atoms with E-state index in [-0.39, 0.29) is 5.91 Å². The minimum Gasteiger partial charge on any atom is -0.341 e. The van der Waals surface area contributed by atoms with Crippen LogP contribution in [0.5, 0.6) is 0 Å². The van der Waals surface area contributed by atoms with Crippen molar-refractivity contribution in [3.05, 3.63) is 35.4 Å². The zero-order valence-corrected chi connectivity index (χ0v) is 12.3. The highest BCUT2D eigenvalue weighted by atomic mass is 32.2. The Morgan fingerprint density at radius 3 is 3.11 bits per heavy atom. The highest BCUT2D eigenvalue weighted by molar-refractivity contribution is 7.99. The summed E-state index contributed by atoms with van der Waals surface area (Å²) in [7, 11) is 0. The summed E-state index contributed by atoms with van der Waals surface area (Å²) in [6.45, 7) is 5.80. The van der Waals surface area contributed by atoms with Gasteiger partial charge >= 0.3 is 0 Å². The third-order valence-corrected chi connectivity index (χ3v) is 4.26. The number of rotatable bonds is 4. The van der Waals surface area contributed by atoms with Gasteiger partial charge in [-0.15, -0.1) is 11.8 Å². The van der Waals surface area contributed by atoms with Crippen molar-refractivity contribution in [2.24, 2.45) is 0 Å². The first kappa shape index (κ1) is 14.4. The molecule has 0 aromatic heterocycles. The van der Waals surface area contributed by atoms with E-state index in [1.165, 1.54) is 11.1 Å². The molecule has 1 aromatic rings. The fourth-order valence-corrected chi connectivity index (χ4v) is 3.12. The van der Waals surface area contributed by atoms with E-state index in [2.05, 4.69) is 36.5 Å². The lowest BCUT2D eigenvalue weighted by atomic mass is 10.2. The maximum absolute atomic E-state index is 12.1. The number of nitrogens with one attached hydrogen (secondary N) is 1. The van der Waals surface area contributed by atoms with E-state index >= 15 is 0 Å². The number of aryl methyl sites for hydroxylation is 1. The number of hydrogen-bond donors (Lipinski definition) is 1. The first-order valence-electron chi connectivity index (χ1n) is 6.87. The van der Waals surface area contributed by atoms with Crippen molar-refractivity contribution in [3.8, 4) is 0 Å². The zero-order valence-electron chi connectivity index (χ0n) is 11.5. The smallest absolute Gasteiger partial charge is 0.232 e. The molecule has 1 saturated heterocycles. The molecule has 2 rings (SSSR count). The number of thioether (sulfide) groups is 1. The number of carbonyl (C=O) groups excluding carboxylic acids is 1. The molecule has 0 aliphatic carbocycles. The van der Waals surface area contributed by atoms with Gasteiger partial charge in [-0.2, -0.15) is 0 Å². The fourth-order valence-electron chi connectivity index (χ4n) is 2.24. The second kappa shape index (κ2) is 7.56. The number of carbonyl (C=O) groups is 1. The van der Waals surface area contributed by atoms with Crippen molar-refractivity contribution in [2.45, 2.75) is 19.1 Å². The molecule has 1 amide bonds. The Morgan fingerprint density at radius 2 is 2.26 bits per heavy atom. The van der Waals surface area contributed by atoms with E-state index in [1.54, 1.807) is 11.8 Å². The molecule has 4 heteroatoms. The molecule has 0 atom stereocenters. The second-order valence-corrected chi connectivity index (χ2v) is 5.95. The van der Waals surface area contributed by atoms with Gasteiger partial charge in [0, 0.05) is 25.4 Å². The van der Waals surface area contributed by atoms with E-state index in [1.807, 2.05) is 4.90 Å². The molecule has 0 radical (unpaired) electrons. The van der Waals surface area contributed by atoms with Crippen LogP contribution in [0.4, 0.5) is 0 Å². The van der Waals surface area contributed by atoms with Crippen molar-refractivity contribution >= 4 is 17.7 Å². The lowest BCUT2D eigenvalue weighted by molar-refractivity contribution is -0.128. The first-order valence-corrected chi connectivity index (χ1v) is 8.03. The molecule has 1 heterocycles. The van der Waals surface area contributed by atoms with Crippen molar-refractivity contribution in [3.63, 3.8) is 0 Å². The van der Waals surface area contributed by atoms with Gasteiger partial charge in [0.2, 0.25) is 5.91 Å². The quantitative estimate of drug-likeness (QED) is 0.915. The maximum Gasteiger partial charge on any atom is 0.232 e. The summed E-state index contributed by atoms with van der Waals surface area (Å²) in [6, 6.07) is 8.49. The Kier molecular flexibility index (Phi) is 5.73. The predicted molar refractivity (Wildman–Crippen MR) is 81.4 cm³/mol. The molecular weight excluding hydrogens is 256 g/mol. The number of hydrogen-bond acceptors (Lipinski definition) is 3. The van der Waals surface area contributed by atoms with Crippen LogP contribution >= 0.6 is 11.8 Å². The van der Waals surface area contributed by atoms with E-state index in [0.717, 1.165) is 38.4 Å². The standard InChI is InChI=1S/C15H22N2OS/c1-13-4-2-5-14(10-13)11-19-12-15(18)17-8-3-6-16-7-9-17/h2,4-5,10,16H,3,6-9,11-12H2,1H3. The molecule has 1 fully saturated rings. The minimum atomic E-state index is 0.279. The molecular formula is C15H22N2OS. The molecule has 0 saturated carbocycles. The summed E-state index contributed by atoms with van der Waals surface area (Å²) in [5.74, 6) is 1.79. The minimum absolute atomic E-state index is 0.279. The third-order valence-electron chi connectivity index (χ3n) is 3.27. The average molecular weight is 278 g/mol. The summed E-state index contributed by atoms with van der Waals surface area (Å²) < 4.78 is 0. The maximum atomic E-state index is 12.1.